The van der Waals surface area contributed by atoms with Gasteiger partial charge in [-0.2, -0.15) is 4.39 Å². The largest absolute Gasteiger partial charge is 0.396 e. The van der Waals surface area contributed by atoms with Crippen LogP contribution in [0.3, 0.4) is 0 Å². The lowest BCUT2D eigenvalue weighted by molar-refractivity contribution is 0.298. The number of nitrogens with one attached hydrogen (secondary N) is 1. The number of aliphatic hydroxyl groups excluding tert-OH is 1. The summed E-state index contributed by atoms with van der Waals surface area (Å²) in [6, 6.07) is 7.37. The second kappa shape index (κ2) is 3.18. The maximum absolute atomic E-state index is 13.2. The van der Waals surface area contributed by atoms with Gasteiger partial charge in [-0.25, -0.2) is 0 Å². The summed E-state index contributed by atoms with van der Waals surface area (Å²) in [5.41, 5.74) is 1.35. The minimum atomic E-state index is -0.338. The third-order valence-electron chi connectivity index (χ3n) is 2.12. The molecule has 1 aromatic heterocycles. The van der Waals surface area contributed by atoms with Crippen molar-refractivity contribution < 1.29 is 9.50 Å². The number of fused-ring (bicyclic) bond motifs is 1. The SMILES string of the molecule is OCCc1c(F)[nH]c2ccccc12. The standard InChI is InChI=1S/C10H10FNO/c11-10-8(5-6-13)7-3-1-2-4-9(7)12-10/h1-4,12-13H,5-6H2. The highest BCUT2D eigenvalue weighted by Crippen LogP contribution is 2.21. The van der Waals surface area contributed by atoms with E-state index in [2.05, 4.69) is 4.98 Å². The van der Waals surface area contributed by atoms with Crippen LogP contribution in [0.2, 0.25) is 0 Å². The van der Waals surface area contributed by atoms with Crippen molar-refractivity contribution in [3.8, 4) is 0 Å². The number of aliphatic hydroxyl groups is 1. The average molecular weight is 179 g/mol. The van der Waals surface area contributed by atoms with Crippen LogP contribution >= 0.6 is 0 Å². The van der Waals surface area contributed by atoms with Crippen LogP contribution in [-0.2, 0) is 6.42 Å². The van der Waals surface area contributed by atoms with Crippen molar-refractivity contribution >= 4 is 10.9 Å². The number of aromatic amines is 1. The van der Waals surface area contributed by atoms with Crippen molar-refractivity contribution in [2.75, 3.05) is 6.61 Å². The third-order valence-corrected chi connectivity index (χ3v) is 2.12. The maximum atomic E-state index is 13.2. The van der Waals surface area contributed by atoms with Crippen LogP contribution in [0.25, 0.3) is 10.9 Å². The predicted molar refractivity (Wildman–Crippen MR) is 49.0 cm³/mol. The molecule has 1 heterocycles. The van der Waals surface area contributed by atoms with Crippen molar-refractivity contribution in [1.29, 1.82) is 0 Å². The molecule has 2 aromatic rings. The van der Waals surface area contributed by atoms with Gasteiger partial charge in [-0.15, -0.1) is 0 Å². The summed E-state index contributed by atoms with van der Waals surface area (Å²) in [5, 5.41) is 9.60. The van der Waals surface area contributed by atoms with E-state index < -0.39 is 0 Å². The molecule has 68 valence electrons. The van der Waals surface area contributed by atoms with Crippen LogP contribution in [-0.4, -0.2) is 16.7 Å². The molecule has 0 amide bonds. The Balaban J connectivity index is 2.64. The number of hydrogen-bond acceptors (Lipinski definition) is 1. The average Bonchev–Trinajstić information content (AvgIpc) is 2.44. The topological polar surface area (TPSA) is 36.0 Å². The summed E-state index contributed by atoms with van der Waals surface area (Å²) < 4.78 is 13.2. The van der Waals surface area contributed by atoms with Crippen LogP contribution in [0.4, 0.5) is 4.39 Å². The van der Waals surface area contributed by atoms with E-state index >= 15 is 0 Å². The monoisotopic (exact) mass is 179 g/mol. The summed E-state index contributed by atoms with van der Waals surface area (Å²) >= 11 is 0. The summed E-state index contributed by atoms with van der Waals surface area (Å²) in [6.07, 6.45) is 0.357. The molecule has 0 bridgehead atoms. The summed E-state index contributed by atoms with van der Waals surface area (Å²) in [7, 11) is 0. The van der Waals surface area contributed by atoms with Crippen molar-refractivity contribution in [2.24, 2.45) is 0 Å². The zero-order valence-corrected chi connectivity index (χ0v) is 7.05. The van der Waals surface area contributed by atoms with Gasteiger partial charge in [-0.1, -0.05) is 18.2 Å². The van der Waals surface area contributed by atoms with Crippen molar-refractivity contribution in [3.63, 3.8) is 0 Å². The Morgan fingerprint density at radius 3 is 2.85 bits per heavy atom. The first-order valence-corrected chi connectivity index (χ1v) is 4.19. The van der Waals surface area contributed by atoms with E-state index in [4.69, 9.17) is 5.11 Å². The van der Waals surface area contributed by atoms with Gasteiger partial charge in [0.1, 0.15) is 0 Å². The molecule has 2 nitrogen and oxygen atoms in total. The highest BCUT2D eigenvalue weighted by Gasteiger charge is 2.09. The van der Waals surface area contributed by atoms with E-state index in [0.29, 0.717) is 12.0 Å². The normalized spacial score (nSPS) is 10.9. The quantitative estimate of drug-likeness (QED) is 0.725. The lowest BCUT2D eigenvalue weighted by Crippen LogP contribution is -1.91. The number of rotatable bonds is 2. The van der Waals surface area contributed by atoms with Crippen LogP contribution in [0.1, 0.15) is 5.56 Å². The molecule has 2 N–H and O–H groups in total. The number of aromatic nitrogens is 1. The number of benzene rings is 1. The molecule has 3 heteroatoms. The van der Waals surface area contributed by atoms with E-state index in [0.717, 1.165) is 10.9 Å². The first-order chi connectivity index (χ1) is 6.33. The van der Waals surface area contributed by atoms with Gasteiger partial charge in [0.2, 0.25) is 0 Å². The zero-order chi connectivity index (χ0) is 9.26. The van der Waals surface area contributed by atoms with Crippen molar-refractivity contribution in [1.82, 2.24) is 4.98 Å². The molecule has 0 spiro atoms. The van der Waals surface area contributed by atoms with Crippen molar-refractivity contribution in [2.45, 2.75) is 6.42 Å². The van der Waals surface area contributed by atoms with Crippen LogP contribution in [0.5, 0.6) is 0 Å². The van der Waals surface area contributed by atoms with E-state index in [1.165, 1.54) is 0 Å². The molecule has 0 saturated heterocycles. The molecule has 0 fully saturated rings. The molecule has 0 aliphatic heterocycles. The number of para-hydroxylation sites is 1. The lowest BCUT2D eigenvalue weighted by atomic mass is 10.1. The summed E-state index contributed by atoms with van der Waals surface area (Å²) in [4.78, 5) is 2.63. The van der Waals surface area contributed by atoms with E-state index in [1.807, 2.05) is 24.3 Å². The molecule has 0 radical (unpaired) electrons. The molecule has 13 heavy (non-hydrogen) atoms. The van der Waals surface area contributed by atoms with Gasteiger partial charge in [-0.05, 0) is 6.07 Å². The number of halogens is 1. The minimum absolute atomic E-state index is 0.0290. The smallest absolute Gasteiger partial charge is 0.195 e. The fourth-order valence-corrected chi connectivity index (χ4v) is 1.52. The van der Waals surface area contributed by atoms with Gasteiger partial charge >= 0.3 is 0 Å². The maximum Gasteiger partial charge on any atom is 0.195 e. The highest BCUT2D eigenvalue weighted by atomic mass is 19.1. The Hall–Kier alpha value is -1.35. The van der Waals surface area contributed by atoms with Gasteiger partial charge < -0.3 is 10.1 Å². The van der Waals surface area contributed by atoms with Gasteiger partial charge in [0.15, 0.2) is 5.95 Å². The molecular weight excluding hydrogens is 169 g/mol. The Morgan fingerprint density at radius 2 is 2.08 bits per heavy atom. The Bertz CT molecular complexity index is 422. The molecule has 0 aliphatic rings. The first kappa shape index (κ1) is 8.26. The zero-order valence-electron chi connectivity index (χ0n) is 7.05. The molecule has 1 aromatic carbocycles. The highest BCUT2D eigenvalue weighted by molar-refractivity contribution is 5.83. The van der Waals surface area contributed by atoms with Gasteiger partial charge in [0.25, 0.3) is 0 Å². The lowest BCUT2D eigenvalue weighted by Gasteiger charge is -1.94. The van der Waals surface area contributed by atoms with E-state index in [9.17, 15) is 4.39 Å². The predicted octanol–water partition coefficient (Wildman–Crippen LogP) is 1.84. The fraction of sp³-hybridized carbons (Fsp3) is 0.200. The summed E-state index contributed by atoms with van der Waals surface area (Å²) in [6.45, 7) is -0.0290. The van der Waals surface area contributed by atoms with E-state index in [-0.39, 0.29) is 12.6 Å². The number of hydrogen-bond donors (Lipinski definition) is 2. The van der Waals surface area contributed by atoms with Crippen molar-refractivity contribution in [3.05, 3.63) is 35.8 Å². The molecule has 0 atom stereocenters. The molecule has 0 aliphatic carbocycles. The second-order valence-electron chi connectivity index (χ2n) is 2.94. The molecular formula is C10H10FNO. The summed E-state index contributed by atoms with van der Waals surface area (Å²) in [5.74, 6) is -0.338. The van der Waals surface area contributed by atoms with E-state index in [1.54, 1.807) is 0 Å². The molecule has 0 unspecified atom stereocenters. The second-order valence-corrected chi connectivity index (χ2v) is 2.94. The Labute approximate surface area is 75.0 Å². The van der Waals surface area contributed by atoms with Crippen LogP contribution in [0.15, 0.2) is 24.3 Å². The minimum Gasteiger partial charge on any atom is -0.396 e. The molecule has 2 rings (SSSR count). The van der Waals surface area contributed by atoms with Crippen LogP contribution < -0.4 is 0 Å². The fourth-order valence-electron chi connectivity index (χ4n) is 1.52. The first-order valence-electron chi connectivity index (χ1n) is 4.19. The van der Waals surface area contributed by atoms with Crippen LogP contribution in [0, 0.1) is 5.95 Å². The van der Waals surface area contributed by atoms with Gasteiger partial charge in [-0.3, -0.25) is 0 Å². The Morgan fingerprint density at radius 1 is 1.31 bits per heavy atom. The van der Waals surface area contributed by atoms with Gasteiger partial charge in [0.05, 0.1) is 0 Å². The number of H-pyrrole nitrogens is 1. The Kier molecular flexibility index (Phi) is 2.02. The molecule has 0 saturated carbocycles. The van der Waals surface area contributed by atoms with Gasteiger partial charge in [0, 0.05) is 29.5 Å². The third kappa shape index (κ3) is 1.31.